The normalized spacial score (nSPS) is 28.7. The van der Waals surface area contributed by atoms with Gasteiger partial charge in [0.15, 0.2) is 5.92 Å². The van der Waals surface area contributed by atoms with Crippen LogP contribution in [-0.2, 0) is 0 Å². The number of nitriles is 1. The maximum absolute atomic E-state index is 12.3. The minimum Gasteiger partial charge on any atom is -0.312 e. The summed E-state index contributed by atoms with van der Waals surface area (Å²) >= 11 is 0. The molecule has 1 N–H and O–H groups in total. The van der Waals surface area contributed by atoms with Gasteiger partial charge in [0.2, 0.25) is 0 Å². The van der Waals surface area contributed by atoms with Crippen molar-refractivity contribution >= 4 is 0 Å². The van der Waals surface area contributed by atoms with Crippen LogP contribution in [0.1, 0.15) is 19.8 Å². The Balaban J connectivity index is 2.39. The average Bonchev–Trinajstić information content (AvgIpc) is 2.22. The second kappa shape index (κ2) is 5.69. The van der Waals surface area contributed by atoms with E-state index in [1.165, 1.54) is 6.07 Å². The first-order valence-corrected chi connectivity index (χ1v) is 5.74. The zero-order valence-corrected chi connectivity index (χ0v) is 10.1. The molecule has 0 aromatic heterocycles. The van der Waals surface area contributed by atoms with Crippen LogP contribution in [0.25, 0.3) is 0 Å². The van der Waals surface area contributed by atoms with Crippen LogP contribution in [0.15, 0.2) is 0 Å². The van der Waals surface area contributed by atoms with Crippen molar-refractivity contribution in [2.24, 2.45) is 5.92 Å². The number of likely N-dealkylation sites (tertiary alicyclic amines) is 1. The summed E-state index contributed by atoms with van der Waals surface area (Å²) in [5.74, 6) is -1.91. The maximum Gasteiger partial charge on any atom is 0.405 e. The van der Waals surface area contributed by atoms with Crippen molar-refractivity contribution in [1.82, 2.24) is 10.2 Å². The molecule has 3 unspecified atom stereocenters. The molecular weight excluding hydrogens is 231 g/mol. The first-order valence-electron chi connectivity index (χ1n) is 5.74. The van der Waals surface area contributed by atoms with Crippen LogP contribution in [0.3, 0.4) is 0 Å². The highest BCUT2D eigenvalue weighted by atomic mass is 19.4. The van der Waals surface area contributed by atoms with Gasteiger partial charge in [-0.1, -0.05) is 0 Å². The fourth-order valence-corrected chi connectivity index (χ4v) is 1.99. The van der Waals surface area contributed by atoms with Crippen LogP contribution in [-0.4, -0.2) is 43.3 Å². The summed E-state index contributed by atoms with van der Waals surface area (Å²) in [6, 6.07) is 1.75. The van der Waals surface area contributed by atoms with Gasteiger partial charge < -0.3 is 10.2 Å². The molecule has 17 heavy (non-hydrogen) atoms. The van der Waals surface area contributed by atoms with Gasteiger partial charge in [-0.3, -0.25) is 0 Å². The summed E-state index contributed by atoms with van der Waals surface area (Å²) in [4.78, 5) is 2.18. The second-order valence-electron chi connectivity index (χ2n) is 4.68. The molecule has 0 spiro atoms. The highest BCUT2D eigenvalue weighted by Crippen LogP contribution is 2.25. The summed E-state index contributed by atoms with van der Waals surface area (Å²) in [5, 5.41) is 11.3. The molecule has 0 amide bonds. The van der Waals surface area contributed by atoms with Gasteiger partial charge in [-0.25, -0.2) is 0 Å². The van der Waals surface area contributed by atoms with E-state index in [1.807, 2.05) is 7.05 Å². The Kier molecular flexibility index (Phi) is 4.78. The molecule has 0 radical (unpaired) electrons. The number of halogens is 3. The molecule has 0 bridgehead atoms. The summed E-state index contributed by atoms with van der Waals surface area (Å²) in [6.07, 6.45) is -2.78. The second-order valence-corrected chi connectivity index (χ2v) is 4.68. The number of alkyl halides is 3. The lowest BCUT2D eigenvalue weighted by Crippen LogP contribution is -2.47. The van der Waals surface area contributed by atoms with Gasteiger partial charge in [0.05, 0.1) is 6.07 Å². The number of hydrogen-bond acceptors (Lipinski definition) is 3. The number of rotatable bonds is 3. The van der Waals surface area contributed by atoms with E-state index >= 15 is 0 Å². The van der Waals surface area contributed by atoms with Gasteiger partial charge in [0.25, 0.3) is 0 Å². The van der Waals surface area contributed by atoms with Crippen LogP contribution in [0.4, 0.5) is 13.2 Å². The zero-order chi connectivity index (χ0) is 13.1. The third kappa shape index (κ3) is 4.17. The van der Waals surface area contributed by atoms with E-state index in [4.69, 9.17) is 5.26 Å². The molecule has 98 valence electrons. The Hall–Kier alpha value is -0.800. The first-order chi connectivity index (χ1) is 7.84. The van der Waals surface area contributed by atoms with Crippen LogP contribution in [0.2, 0.25) is 0 Å². The van der Waals surface area contributed by atoms with Crippen molar-refractivity contribution in [2.45, 2.75) is 38.0 Å². The van der Waals surface area contributed by atoms with Crippen LogP contribution < -0.4 is 5.32 Å². The Morgan fingerprint density at radius 2 is 2.18 bits per heavy atom. The summed E-state index contributed by atoms with van der Waals surface area (Å²) < 4.78 is 37.0. The number of nitrogens with zero attached hydrogens (tertiary/aromatic N) is 2. The monoisotopic (exact) mass is 249 g/mol. The van der Waals surface area contributed by atoms with Crippen LogP contribution in [0.5, 0.6) is 0 Å². The van der Waals surface area contributed by atoms with Crippen LogP contribution in [0, 0.1) is 17.2 Å². The molecule has 6 heteroatoms. The van der Waals surface area contributed by atoms with E-state index in [2.05, 4.69) is 17.1 Å². The number of hydrogen-bond donors (Lipinski definition) is 1. The van der Waals surface area contributed by atoms with Gasteiger partial charge in [-0.15, -0.1) is 0 Å². The predicted molar refractivity (Wildman–Crippen MR) is 58.3 cm³/mol. The van der Waals surface area contributed by atoms with Crippen LogP contribution >= 0.6 is 0 Å². The summed E-state index contributed by atoms with van der Waals surface area (Å²) in [5.41, 5.74) is 0. The first kappa shape index (κ1) is 14.3. The minimum absolute atomic E-state index is 0.0828. The van der Waals surface area contributed by atoms with E-state index in [0.717, 1.165) is 19.4 Å². The Morgan fingerprint density at radius 1 is 1.53 bits per heavy atom. The van der Waals surface area contributed by atoms with Crippen molar-refractivity contribution in [2.75, 3.05) is 20.1 Å². The van der Waals surface area contributed by atoms with E-state index < -0.39 is 12.1 Å². The fourth-order valence-electron chi connectivity index (χ4n) is 1.99. The molecule has 1 fully saturated rings. The lowest BCUT2D eigenvalue weighted by molar-refractivity contribution is -0.158. The molecular formula is C11H18F3N3. The van der Waals surface area contributed by atoms with E-state index in [0.29, 0.717) is 6.04 Å². The third-order valence-electron chi connectivity index (χ3n) is 3.37. The largest absolute Gasteiger partial charge is 0.405 e. The molecule has 3 nitrogen and oxygen atoms in total. The van der Waals surface area contributed by atoms with Crippen molar-refractivity contribution in [1.29, 1.82) is 5.26 Å². The fraction of sp³-hybridized carbons (Fsp3) is 0.909. The molecule has 0 aromatic carbocycles. The lowest BCUT2D eigenvalue weighted by atomic mass is 9.98. The van der Waals surface area contributed by atoms with E-state index in [9.17, 15) is 13.2 Å². The highest BCUT2D eigenvalue weighted by molar-refractivity contribution is 4.91. The molecule has 1 aliphatic rings. The molecule has 1 aliphatic heterocycles. The zero-order valence-electron chi connectivity index (χ0n) is 10.1. The van der Waals surface area contributed by atoms with E-state index in [-0.39, 0.29) is 12.6 Å². The van der Waals surface area contributed by atoms with Crippen molar-refractivity contribution in [3.63, 3.8) is 0 Å². The molecule has 3 atom stereocenters. The maximum atomic E-state index is 12.3. The summed E-state index contributed by atoms with van der Waals surface area (Å²) in [6.45, 7) is 2.63. The molecule has 0 saturated carbocycles. The Morgan fingerprint density at radius 3 is 2.65 bits per heavy atom. The summed E-state index contributed by atoms with van der Waals surface area (Å²) in [7, 11) is 2.01. The number of piperidine rings is 1. The quantitative estimate of drug-likeness (QED) is 0.828. The molecule has 0 aromatic rings. The van der Waals surface area contributed by atoms with Crippen molar-refractivity contribution in [3.8, 4) is 6.07 Å². The molecule has 1 saturated heterocycles. The third-order valence-corrected chi connectivity index (χ3v) is 3.37. The van der Waals surface area contributed by atoms with Crippen molar-refractivity contribution < 1.29 is 13.2 Å². The molecule has 1 rings (SSSR count). The average molecular weight is 249 g/mol. The highest BCUT2D eigenvalue weighted by Gasteiger charge is 2.40. The smallest absolute Gasteiger partial charge is 0.312 e. The Labute approximate surface area is 99.6 Å². The Bertz CT molecular complexity index is 285. The van der Waals surface area contributed by atoms with Gasteiger partial charge in [-0.2, -0.15) is 18.4 Å². The SMILES string of the molecule is CC1CC(NCC(C#N)C(F)(F)F)CCN1C. The topological polar surface area (TPSA) is 39.1 Å². The standard InChI is InChI=1S/C11H18F3N3/c1-8-5-10(3-4-17(8)2)16-7-9(6-15)11(12,13)14/h8-10,16H,3-5,7H2,1-2H3. The minimum atomic E-state index is -4.43. The van der Waals surface area contributed by atoms with Gasteiger partial charge >= 0.3 is 6.18 Å². The van der Waals surface area contributed by atoms with Gasteiger partial charge in [0.1, 0.15) is 0 Å². The molecule has 0 aliphatic carbocycles. The lowest BCUT2D eigenvalue weighted by Gasteiger charge is -2.35. The molecule has 1 heterocycles. The van der Waals surface area contributed by atoms with Gasteiger partial charge in [0, 0.05) is 18.6 Å². The predicted octanol–water partition coefficient (Wildman–Crippen LogP) is 1.76. The van der Waals surface area contributed by atoms with E-state index in [1.54, 1.807) is 0 Å². The number of nitrogens with one attached hydrogen (secondary N) is 1. The van der Waals surface area contributed by atoms with Crippen molar-refractivity contribution in [3.05, 3.63) is 0 Å². The van der Waals surface area contributed by atoms with Gasteiger partial charge in [-0.05, 0) is 33.4 Å².